The van der Waals surface area contributed by atoms with Gasteiger partial charge in [-0.25, -0.2) is 18.2 Å². The van der Waals surface area contributed by atoms with Crippen molar-refractivity contribution >= 4 is 27.6 Å². The number of hydrogen-bond acceptors (Lipinski definition) is 6. The molecule has 0 radical (unpaired) electrons. The molecule has 8 nitrogen and oxygen atoms in total. The largest absolute Gasteiger partial charge is 0.450 e. The van der Waals surface area contributed by atoms with Crippen molar-refractivity contribution in [2.75, 3.05) is 48.2 Å². The summed E-state index contributed by atoms with van der Waals surface area (Å²) in [6, 6.07) is 3.46. The normalized spacial score (nSPS) is 15.4. The van der Waals surface area contributed by atoms with E-state index in [9.17, 15) is 13.2 Å². The van der Waals surface area contributed by atoms with Gasteiger partial charge in [-0.15, -0.1) is 0 Å². The Bertz CT molecular complexity index is 625. The number of ether oxygens (including phenoxy) is 1. The van der Waals surface area contributed by atoms with Crippen LogP contribution in [0.1, 0.15) is 13.8 Å². The van der Waals surface area contributed by atoms with Gasteiger partial charge in [-0.3, -0.25) is 4.72 Å². The lowest BCUT2D eigenvalue weighted by atomic mass is 10.3. The first kappa shape index (κ1) is 17.3. The molecule has 0 atom stereocenters. The number of anilines is 2. The smallest absolute Gasteiger partial charge is 0.409 e. The van der Waals surface area contributed by atoms with Crippen molar-refractivity contribution in [1.29, 1.82) is 0 Å². The molecule has 0 aliphatic carbocycles. The summed E-state index contributed by atoms with van der Waals surface area (Å²) in [6.45, 7) is 6.20. The Kier molecular flexibility index (Phi) is 5.64. The molecule has 2 heterocycles. The summed E-state index contributed by atoms with van der Waals surface area (Å²) in [5, 5.41) is 0. The van der Waals surface area contributed by atoms with E-state index in [1.54, 1.807) is 30.9 Å². The summed E-state index contributed by atoms with van der Waals surface area (Å²) in [7, 11) is -3.29. The van der Waals surface area contributed by atoms with Crippen LogP contribution in [0.25, 0.3) is 0 Å². The molecule has 0 unspecified atom stereocenters. The molecule has 1 N–H and O–H groups in total. The summed E-state index contributed by atoms with van der Waals surface area (Å²) in [5.41, 5.74) is 0.445. The zero-order chi connectivity index (χ0) is 16.9. The lowest BCUT2D eigenvalue weighted by molar-refractivity contribution is 0.105. The molecule has 1 fully saturated rings. The van der Waals surface area contributed by atoms with Gasteiger partial charge in [0.2, 0.25) is 10.0 Å². The van der Waals surface area contributed by atoms with Gasteiger partial charge in [-0.1, -0.05) is 0 Å². The summed E-state index contributed by atoms with van der Waals surface area (Å²) in [4.78, 5) is 19.7. The number of nitrogens with zero attached hydrogens (tertiary/aromatic N) is 3. The Morgan fingerprint density at radius 1 is 1.26 bits per heavy atom. The Morgan fingerprint density at radius 3 is 2.48 bits per heavy atom. The van der Waals surface area contributed by atoms with E-state index in [0.717, 1.165) is 5.82 Å². The number of pyridine rings is 1. The molecule has 128 valence electrons. The summed E-state index contributed by atoms with van der Waals surface area (Å²) in [5.74, 6) is 0.776. The fourth-order valence-electron chi connectivity index (χ4n) is 2.22. The van der Waals surface area contributed by atoms with Gasteiger partial charge in [-0.2, -0.15) is 0 Å². The fourth-order valence-corrected chi connectivity index (χ4v) is 2.84. The number of sulfonamides is 1. The van der Waals surface area contributed by atoms with Gasteiger partial charge in [0, 0.05) is 26.2 Å². The van der Waals surface area contributed by atoms with Gasteiger partial charge in [0.25, 0.3) is 0 Å². The molecular weight excluding hydrogens is 320 g/mol. The quantitative estimate of drug-likeness (QED) is 0.862. The number of aromatic nitrogens is 1. The highest BCUT2D eigenvalue weighted by molar-refractivity contribution is 7.92. The maximum Gasteiger partial charge on any atom is 0.409 e. The topological polar surface area (TPSA) is 91.8 Å². The SMILES string of the molecule is CCOC(=O)N1CCN(c2ccc(NS(=O)(=O)CC)cn2)CC1. The zero-order valence-corrected chi connectivity index (χ0v) is 14.2. The Balaban J connectivity index is 1.93. The second-order valence-electron chi connectivity index (χ2n) is 5.08. The lowest BCUT2D eigenvalue weighted by Crippen LogP contribution is -2.49. The molecular formula is C14H22N4O4S. The highest BCUT2D eigenvalue weighted by Crippen LogP contribution is 2.17. The van der Waals surface area contributed by atoms with Crippen LogP contribution in [0.4, 0.5) is 16.3 Å². The van der Waals surface area contributed by atoms with Crippen molar-refractivity contribution in [2.45, 2.75) is 13.8 Å². The molecule has 9 heteroatoms. The maximum atomic E-state index is 11.7. The molecule has 0 saturated carbocycles. The number of rotatable bonds is 5. The monoisotopic (exact) mass is 342 g/mol. The van der Waals surface area contributed by atoms with E-state index in [4.69, 9.17) is 4.74 Å². The van der Waals surface area contributed by atoms with Crippen molar-refractivity contribution in [3.63, 3.8) is 0 Å². The maximum absolute atomic E-state index is 11.7. The van der Waals surface area contributed by atoms with E-state index >= 15 is 0 Å². The average molecular weight is 342 g/mol. The number of amides is 1. The molecule has 23 heavy (non-hydrogen) atoms. The van der Waals surface area contributed by atoms with Crippen molar-refractivity contribution < 1.29 is 17.9 Å². The van der Waals surface area contributed by atoms with E-state index in [0.29, 0.717) is 38.5 Å². The van der Waals surface area contributed by atoms with Gasteiger partial charge < -0.3 is 14.5 Å². The Hall–Kier alpha value is -2.03. The first-order valence-electron chi connectivity index (χ1n) is 7.58. The highest BCUT2D eigenvalue weighted by Gasteiger charge is 2.22. The minimum Gasteiger partial charge on any atom is -0.450 e. The van der Waals surface area contributed by atoms with Crippen molar-refractivity contribution in [3.05, 3.63) is 18.3 Å². The van der Waals surface area contributed by atoms with E-state index in [1.807, 2.05) is 4.90 Å². The molecule has 0 spiro atoms. The Labute approximate surface area is 136 Å². The summed E-state index contributed by atoms with van der Waals surface area (Å²) in [6.07, 6.45) is 1.21. The zero-order valence-electron chi connectivity index (χ0n) is 13.4. The first-order chi connectivity index (χ1) is 10.9. The van der Waals surface area contributed by atoms with Gasteiger partial charge in [0.15, 0.2) is 0 Å². The van der Waals surface area contributed by atoms with Crippen LogP contribution in [-0.2, 0) is 14.8 Å². The molecule has 1 amide bonds. The molecule has 1 aliphatic heterocycles. The third kappa shape index (κ3) is 4.72. The van der Waals surface area contributed by atoms with Crippen LogP contribution in [-0.4, -0.2) is 62.9 Å². The molecule has 1 aromatic heterocycles. The molecule has 1 aliphatic rings. The third-order valence-electron chi connectivity index (χ3n) is 3.53. The lowest BCUT2D eigenvalue weighted by Gasteiger charge is -2.34. The summed E-state index contributed by atoms with van der Waals surface area (Å²) < 4.78 is 30.5. The molecule has 0 bridgehead atoms. The molecule has 1 aromatic rings. The van der Waals surface area contributed by atoms with Crippen molar-refractivity contribution in [1.82, 2.24) is 9.88 Å². The standard InChI is InChI=1S/C14H22N4O4S/c1-3-22-14(19)18-9-7-17(8-10-18)13-6-5-12(11-15-13)16-23(20,21)4-2/h5-6,11,16H,3-4,7-10H2,1-2H3. The Morgan fingerprint density at radius 2 is 1.96 bits per heavy atom. The van der Waals surface area contributed by atoms with Crippen LogP contribution in [0.3, 0.4) is 0 Å². The van der Waals surface area contributed by atoms with Crippen LogP contribution in [0.15, 0.2) is 18.3 Å². The van der Waals surface area contributed by atoms with Gasteiger partial charge in [0.1, 0.15) is 5.82 Å². The van der Waals surface area contributed by atoms with Crippen LogP contribution in [0.5, 0.6) is 0 Å². The third-order valence-corrected chi connectivity index (χ3v) is 4.84. The number of piperazine rings is 1. The number of nitrogens with one attached hydrogen (secondary N) is 1. The van der Waals surface area contributed by atoms with Crippen LogP contribution < -0.4 is 9.62 Å². The molecule has 1 saturated heterocycles. The molecule has 0 aromatic carbocycles. The van der Waals surface area contributed by atoms with E-state index in [1.165, 1.54) is 6.20 Å². The van der Waals surface area contributed by atoms with Gasteiger partial charge >= 0.3 is 6.09 Å². The second-order valence-corrected chi connectivity index (χ2v) is 7.09. The second kappa shape index (κ2) is 7.49. The van der Waals surface area contributed by atoms with E-state index < -0.39 is 10.0 Å². The minimum atomic E-state index is -3.29. The summed E-state index contributed by atoms with van der Waals surface area (Å²) >= 11 is 0. The van der Waals surface area contributed by atoms with Crippen molar-refractivity contribution in [2.24, 2.45) is 0 Å². The van der Waals surface area contributed by atoms with Crippen LogP contribution >= 0.6 is 0 Å². The predicted molar refractivity (Wildman–Crippen MR) is 88.1 cm³/mol. The van der Waals surface area contributed by atoms with E-state index in [-0.39, 0.29) is 11.8 Å². The van der Waals surface area contributed by atoms with E-state index in [2.05, 4.69) is 9.71 Å². The number of carbonyl (C=O) groups is 1. The van der Waals surface area contributed by atoms with Crippen LogP contribution in [0, 0.1) is 0 Å². The van der Waals surface area contributed by atoms with Crippen molar-refractivity contribution in [3.8, 4) is 0 Å². The van der Waals surface area contributed by atoms with Crippen LogP contribution in [0.2, 0.25) is 0 Å². The molecule has 2 rings (SSSR count). The minimum absolute atomic E-state index is 0.0184. The average Bonchev–Trinajstić information content (AvgIpc) is 2.56. The first-order valence-corrected chi connectivity index (χ1v) is 9.23. The number of hydrogen-bond donors (Lipinski definition) is 1. The number of carbonyl (C=O) groups excluding carboxylic acids is 1. The fraction of sp³-hybridized carbons (Fsp3) is 0.571. The van der Waals surface area contributed by atoms with Gasteiger partial charge in [0.05, 0.1) is 24.2 Å². The van der Waals surface area contributed by atoms with Gasteiger partial charge in [-0.05, 0) is 26.0 Å². The predicted octanol–water partition coefficient (Wildman–Crippen LogP) is 1.12. The highest BCUT2D eigenvalue weighted by atomic mass is 32.2.